The molecule has 3 rings (SSSR count). The highest BCUT2D eigenvalue weighted by Gasteiger charge is 2.18. The minimum absolute atomic E-state index is 0.370. The van der Waals surface area contributed by atoms with E-state index in [4.69, 9.17) is 4.74 Å². The predicted octanol–water partition coefficient (Wildman–Crippen LogP) is 2.56. The number of fused-ring (bicyclic) bond motifs is 1. The maximum Gasteiger partial charge on any atom is 0.0662 e. The van der Waals surface area contributed by atoms with Gasteiger partial charge in [0.05, 0.1) is 19.3 Å². The van der Waals surface area contributed by atoms with E-state index in [2.05, 4.69) is 35.0 Å². The second-order valence-corrected chi connectivity index (χ2v) is 4.68. The zero-order valence-electron chi connectivity index (χ0n) is 8.40. The Morgan fingerprint density at radius 3 is 3.13 bits per heavy atom. The minimum Gasteiger partial charge on any atom is -0.378 e. The predicted molar refractivity (Wildman–Crippen MR) is 63.4 cm³/mol. The fourth-order valence-electron chi connectivity index (χ4n) is 2.03. The Hall–Kier alpha value is -0.900. The molecular weight excluding hydrogens is 206 g/mol. The molecule has 0 radical (unpaired) electrons. The third-order valence-electron chi connectivity index (χ3n) is 2.81. The van der Waals surface area contributed by atoms with Gasteiger partial charge in [-0.15, -0.1) is 11.3 Å². The molecule has 0 amide bonds. The number of hydrogen-bond acceptors (Lipinski definition) is 3. The molecule has 1 aromatic heterocycles. The molecule has 15 heavy (non-hydrogen) atoms. The highest BCUT2D eigenvalue weighted by molar-refractivity contribution is 7.17. The van der Waals surface area contributed by atoms with E-state index in [0.29, 0.717) is 6.04 Å². The molecule has 0 bridgehead atoms. The maximum atomic E-state index is 5.50. The van der Waals surface area contributed by atoms with Crippen LogP contribution in [0.3, 0.4) is 0 Å². The van der Waals surface area contributed by atoms with Crippen LogP contribution in [-0.2, 0) is 4.74 Å². The van der Waals surface area contributed by atoms with Crippen molar-refractivity contribution in [2.75, 3.05) is 19.8 Å². The number of benzene rings is 1. The third-order valence-corrected chi connectivity index (χ3v) is 3.79. The Morgan fingerprint density at radius 1 is 1.33 bits per heavy atom. The van der Waals surface area contributed by atoms with Crippen molar-refractivity contribution in [3.05, 3.63) is 35.2 Å². The summed E-state index contributed by atoms with van der Waals surface area (Å²) in [6, 6.07) is 8.93. The first-order valence-corrected chi connectivity index (χ1v) is 6.10. The van der Waals surface area contributed by atoms with Gasteiger partial charge in [-0.3, -0.25) is 0 Å². The van der Waals surface area contributed by atoms with Crippen molar-refractivity contribution in [1.82, 2.24) is 5.32 Å². The van der Waals surface area contributed by atoms with Crippen LogP contribution in [0.25, 0.3) is 10.1 Å². The zero-order valence-corrected chi connectivity index (χ0v) is 9.22. The van der Waals surface area contributed by atoms with Crippen LogP contribution in [0.15, 0.2) is 29.6 Å². The van der Waals surface area contributed by atoms with E-state index >= 15 is 0 Å². The molecule has 2 nitrogen and oxygen atoms in total. The van der Waals surface area contributed by atoms with Crippen molar-refractivity contribution in [3.8, 4) is 0 Å². The van der Waals surface area contributed by atoms with Crippen molar-refractivity contribution < 1.29 is 4.74 Å². The number of nitrogens with one attached hydrogen (secondary N) is 1. The molecular formula is C12H13NOS. The second kappa shape index (κ2) is 3.93. The quantitative estimate of drug-likeness (QED) is 0.796. The van der Waals surface area contributed by atoms with Crippen LogP contribution in [-0.4, -0.2) is 19.8 Å². The molecule has 1 fully saturated rings. The summed E-state index contributed by atoms with van der Waals surface area (Å²) in [5.74, 6) is 0. The SMILES string of the molecule is c1ccc2c([C@H]3COCCN3)csc2c1. The Labute approximate surface area is 92.9 Å². The normalized spacial score (nSPS) is 22.0. The highest BCUT2D eigenvalue weighted by Crippen LogP contribution is 2.30. The monoisotopic (exact) mass is 219 g/mol. The lowest BCUT2D eigenvalue weighted by atomic mass is 10.1. The van der Waals surface area contributed by atoms with Crippen LogP contribution in [0.1, 0.15) is 11.6 Å². The molecule has 1 aliphatic rings. The molecule has 2 heterocycles. The minimum atomic E-state index is 0.370. The number of morpholine rings is 1. The van der Waals surface area contributed by atoms with Crippen molar-refractivity contribution >= 4 is 21.4 Å². The average Bonchev–Trinajstić information content (AvgIpc) is 2.74. The van der Waals surface area contributed by atoms with E-state index in [1.807, 2.05) is 11.3 Å². The molecule has 2 aromatic rings. The average molecular weight is 219 g/mol. The molecule has 0 aliphatic carbocycles. The first-order chi connectivity index (χ1) is 7.45. The Kier molecular flexibility index (Phi) is 2.44. The zero-order chi connectivity index (χ0) is 10.1. The van der Waals surface area contributed by atoms with Gasteiger partial charge in [-0.2, -0.15) is 0 Å². The summed E-state index contributed by atoms with van der Waals surface area (Å²) in [4.78, 5) is 0. The van der Waals surface area contributed by atoms with Crippen LogP contribution >= 0.6 is 11.3 Å². The van der Waals surface area contributed by atoms with Gasteiger partial charge in [-0.25, -0.2) is 0 Å². The lowest BCUT2D eigenvalue weighted by Crippen LogP contribution is -2.34. The number of rotatable bonds is 1. The smallest absolute Gasteiger partial charge is 0.0662 e. The molecule has 1 aliphatic heterocycles. The fraction of sp³-hybridized carbons (Fsp3) is 0.333. The van der Waals surface area contributed by atoms with Gasteiger partial charge < -0.3 is 10.1 Å². The number of hydrogen-bond donors (Lipinski definition) is 1. The maximum absolute atomic E-state index is 5.50. The molecule has 0 saturated carbocycles. The van der Waals surface area contributed by atoms with Crippen molar-refractivity contribution in [1.29, 1.82) is 0 Å². The molecule has 3 heteroatoms. The van der Waals surface area contributed by atoms with Gasteiger partial charge in [0, 0.05) is 11.2 Å². The molecule has 78 valence electrons. The van der Waals surface area contributed by atoms with Gasteiger partial charge in [0.25, 0.3) is 0 Å². The second-order valence-electron chi connectivity index (χ2n) is 3.77. The largest absolute Gasteiger partial charge is 0.378 e. The van der Waals surface area contributed by atoms with E-state index < -0.39 is 0 Å². The molecule has 1 atom stereocenters. The summed E-state index contributed by atoms with van der Waals surface area (Å²) in [6.45, 7) is 2.58. The highest BCUT2D eigenvalue weighted by atomic mass is 32.1. The summed E-state index contributed by atoms with van der Waals surface area (Å²) in [5.41, 5.74) is 1.38. The lowest BCUT2D eigenvalue weighted by molar-refractivity contribution is 0.0774. The molecule has 0 spiro atoms. The van der Waals surface area contributed by atoms with Gasteiger partial charge in [-0.05, 0) is 22.4 Å². The first kappa shape index (κ1) is 9.33. The van der Waals surface area contributed by atoms with E-state index in [-0.39, 0.29) is 0 Å². The molecule has 0 unspecified atom stereocenters. The van der Waals surface area contributed by atoms with E-state index in [0.717, 1.165) is 19.8 Å². The van der Waals surface area contributed by atoms with Crippen LogP contribution in [0.4, 0.5) is 0 Å². The number of thiophene rings is 1. The fourth-order valence-corrected chi connectivity index (χ4v) is 3.05. The summed E-state index contributed by atoms with van der Waals surface area (Å²) in [5, 5.41) is 7.11. The van der Waals surface area contributed by atoms with Gasteiger partial charge >= 0.3 is 0 Å². The van der Waals surface area contributed by atoms with Crippen LogP contribution in [0.2, 0.25) is 0 Å². The Balaban J connectivity index is 2.02. The summed E-state index contributed by atoms with van der Waals surface area (Å²) >= 11 is 1.81. The summed E-state index contributed by atoms with van der Waals surface area (Å²) in [7, 11) is 0. The summed E-state index contributed by atoms with van der Waals surface area (Å²) < 4.78 is 6.86. The van der Waals surface area contributed by atoms with Gasteiger partial charge in [0.1, 0.15) is 0 Å². The molecule has 1 N–H and O–H groups in total. The number of ether oxygens (including phenoxy) is 1. The Morgan fingerprint density at radius 2 is 2.27 bits per heavy atom. The van der Waals surface area contributed by atoms with Crippen LogP contribution in [0, 0.1) is 0 Å². The van der Waals surface area contributed by atoms with E-state index in [1.165, 1.54) is 15.6 Å². The Bertz CT molecular complexity index is 459. The topological polar surface area (TPSA) is 21.3 Å². The van der Waals surface area contributed by atoms with Gasteiger partial charge in [0.2, 0.25) is 0 Å². The standard InChI is InChI=1S/C12H13NOS/c1-2-4-12-9(3-1)10(8-15-12)11-7-14-6-5-13-11/h1-4,8,11,13H,5-7H2/t11-/m1/s1. The van der Waals surface area contributed by atoms with E-state index in [9.17, 15) is 0 Å². The summed E-state index contributed by atoms with van der Waals surface area (Å²) in [6.07, 6.45) is 0. The van der Waals surface area contributed by atoms with Crippen molar-refractivity contribution in [2.24, 2.45) is 0 Å². The third kappa shape index (κ3) is 1.67. The van der Waals surface area contributed by atoms with Crippen molar-refractivity contribution in [3.63, 3.8) is 0 Å². The van der Waals surface area contributed by atoms with E-state index in [1.54, 1.807) is 0 Å². The van der Waals surface area contributed by atoms with Crippen LogP contribution < -0.4 is 5.32 Å². The van der Waals surface area contributed by atoms with Crippen molar-refractivity contribution in [2.45, 2.75) is 6.04 Å². The van der Waals surface area contributed by atoms with Crippen LogP contribution in [0.5, 0.6) is 0 Å². The lowest BCUT2D eigenvalue weighted by Gasteiger charge is -2.23. The molecule has 1 saturated heterocycles. The molecule has 1 aromatic carbocycles. The first-order valence-electron chi connectivity index (χ1n) is 5.22. The van der Waals surface area contributed by atoms with Gasteiger partial charge in [0.15, 0.2) is 0 Å². The van der Waals surface area contributed by atoms with Gasteiger partial charge in [-0.1, -0.05) is 18.2 Å².